The topological polar surface area (TPSA) is 83.9 Å². The number of carbonyl (C=O) groups is 1. The number of carbonyl (C=O) groups excluding carboxylic acids is 1. The second kappa shape index (κ2) is 7.33. The molecule has 1 aliphatic rings. The van der Waals surface area contributed by atoms with Gasteiger partial charge in [-0.25, -0.2) is 9.97 Å². The van der Waals surface area contributed by atoms with Gasteiger partial charge < -0.3 is 10.2 Å². The number of anilines is 1. The Kier molecular flexibility index (Phi) is 4.75. The first kappa shape index (κ1) is 16.8. The highest BCUT2D eigenvalue weighted by Gasteiger charge is 2.14. The van der Waals surface area contributed by atoms with Gasteiger partial charge >= 0.3 is 0 Å². The van der Waals surface area contributed by atoms with Gasteiger partial charge in [0.2, 0.25) is 0 Å². The van der Waals surface area contributed by atoms with Crippen molar-refractivity contribution in [2.75, 3.05) is 18.0 Å². The summed E-state index contributed by atoms with van der Waals surface area (Å²) in [6.45, 7) is 4.33. The number of amides is 1. The maximum Gasteiger partial charge on any atom is 0.251 e. The SMILES string of the molecule is Cc1cc(N2CCCCC2)nc(CNC(=O)c2ccc3nsnc3c2)n1. The second-order valence-electron chi connectivity index (χ2n) is 6.48. The van der Waals surface area contributed by atoms with E-state index in [0.717, 1.165) is 47.4 Å². The predicted octanol–water partition coefficient (Wildman–Crippen LogP) is 2.71. The molecule has 0 atom stereocenters. The zero-order valence-electron chi connectivity index (χ0n) is 14.6. The summed E-state index contributed by atoms with van der Waals surface area (Å²) in [6.07, 6.45) is 3.68. The molecular weight excluding hydrogens is 348 g/mol. The van der Waals surface area contributed by atoms with E-state index in [1.807, 2.05) is 19.1 Å². The summed E-state index contributed by atoms with van der Waals surface area (Å²) < 4.78 is 8.33. The summed E-state index contributed by atoms with van der Waals surface area (Å²) in [5.74, 6) is 1.43. The van der Waals surface area contributed by atoms with Gasteiger partial charge in [-0.2, -0.15) is 8.75 Å². The van der Waals surface area contributed by atoms with E-state index in [2.05, 4.69) is 28.9 Å². The van der Waals surface area contributed by atoms with Crippen molar-refractivity contribution in [3.63, 3.8) is 0 Å². The highest BCUT2D eigenvalue weighted by Crippen LogP contribution is 2.18. The van der Waals surface area contributed by atoms with Crippen LogP contribution in [0.4, 0.5) is 5.82 Å². The number of benzene rings is 1. The van der Waals surface area contributed by atoms with Crippen molar-refractivity contribution in [3.8, 4) is 0 Å². The number of rotatable bonds is 4. The first-order chi connectivity index (χ1) is 12.7. The fourth-order valence-electron chi connectivity index (χ4n) is 3.16. The van der Waals surface area contributed by atoms with E-state index in [-0.39, 0.29) is 5.91 Å². The Morgan fingerprint density at radius 3 is 2.77 bits per heavy atom. The predicted molar refractivity (Wildman–Crippen MR) is 101 cm³/mol. The Hall–Kier alpha value is -2.61. The lowest BCUT2D eigenvalue weighted by Crippen LogP contribution is -2.31. The minimum atomic E-state index is -0.162. The van der Waals surface area contributed by atoms with Gasteiger partial charge in [-0.1, -0.05) is 0 Å². The molecule has 0 radical (unpaired) electrons. The van der Waals surface area contributed by atoms with Crippen LogP contribution in [-0.2, 0) is 6.54 Å². The zero-order chi connectivity index (χ0) is 17.9. The smallest absolute Gasteiger partial charge is 0.251 e. The minimum Gasteiger partial charge on any atom is -0.357 e. The van der Waals surface area contributed by atoms with E-state index < -0.39 is 0 Å². The molecule has 1 amide bonds. The van der Waals surface area contributed by atoms with Gasteiger partial charge in [-0.3, -0.25) is 4.79 Å². The highest BCUT2D eigenvalue weighted by atomic mass is 32.1. The zero-order valence-corrected chi connectivity index (χ0v) is 15.4. The molecule has 0 aliphatic carbocycles. The largest absolute Gasteiger partial charge is 0.357 e. The number of aromatic nitrogens is 4. The normalized spacial score (nSPS) is 14.6. The molecule has 1 aliphatic heterocycles. The third-order valence-electron chi connectivity index (χ3n) is 4.49. The van der Waals surface area contributed by atoms with Crippen molar-refractivity contribution < 1.29 is 4.79 Å². The molecule has 1 N–H and O–H groups in total. The molecule has 26 heavy (non-hydrogen) atoms. The van der Waals surface area contributed by atoms with Crippen molar-refractivity contribution >= 4 is 34.5 Å². The lowest BCUT2D eigenvalue weighted by atomic mass is 10.1. The summed E-state index contributed by atoms with van der Waals surface area (Å²) in [4.78, 5) is 23.8. The molecule has 1 fully saturated rings. The van der Waals surface area contributed by atoms with Gasteiger partial charge in [-0.05, 0) is 44.4 Å². The van der Waals surface area contributed by atoms with Gasteiger partial charge in [0.1, 0.15) is 22.7 Å². The van der Waals surface area contributed by atoms with Gasteiger partial charge in [0.05, 0.1) is 18.3 Å². The lowest BCUT2D eigenvalue weighted by Gasteiger charge is -2.28. The molecular formula is C18H20N6OS. The molecule has 7 nitrogen and oxygen atoms in total. The van der Waals surface area contributed by atoms with Crippen LogP contribution in [0.15, 0.2) is 24.3 Å². The Bertz CT molecular complexity index is 934. The van der Waals surface area contributed by atoms with Crippen molar-refractivity contribution in [2.45, 2.75) is 32.7 Å². The molecule has 0 saturated carbocycles. The number of fused-ring (bicyclic) bond motifs is 1. The number of hydrogen-bond acceptors (Lipinski definition) is 7. The van der Waals surface area contributed by atoms with Gasteiger partial charge in [-0.15, -0.1) is 0 Å². The van der Waals surface area contributed by atoms with Crippen molar-refractivity contribution in [3.05, 3.63) is 41.3 Å². The maximum atomic E-state index is 12.4. The number of piperidine rings is 1. The second-order valence-corrected chi connectivity index (χ2v) is 7.01. The Balaban J connectivity index is 1.46. The Morgan fingerprint density at radius 1 is 1.12 bits per heavy atom. The van der Waals surface area contributed by atoms with Gasteiger partial charge in [0.15, 0.2) is 0 Å². The van der Waals surface area contributed by atoms with Crippen LogP contribution >= 0.6 is 11.7 Å². The molecule has 1 saturated heterocycles. The van der Waals surface area contributed by atoms with Crippen LogP contribution in [0.2, 0.25) is 0 Å². The standard InChI is InChI=1S/C18H20N6OS/c1-12-9-17(24-7-3-2-4-8-24)21-16(20-12)11-19-18(25)13-5-6-14-15(10-13)23-26-22-14/h5-6,9-10H,2-4,7-8,11H2,1H3,(H,19,25). The van der Waals surface area contributed by atoms with E-state index in [0.29, 0.717) is 17.9 Å². The maximum absolute atomic E-state index is 12.4. The van der Waals surface area contributed by atoms with Crippen molar-refractivity contribution in [1.29, 1.82) is 0 Å². The molecule has 0 spiro atoms. The molecule has 2 aromatic heterocycles. The lowest BCUT2D eigenvalue weighted by molar-refractivity contribution is 0.0950. The molecule has 0 unspecified atom stereocenters. The first-order valence-corrected chi connectivity index (χ1v) is 9.52. The van der Waals surface area contributed by atoms with E-state index >= 15 is 0 Å². The molecule has 3 aromatic rings. The van der Waals surface area contributed by atoms with Crippen LogP contribution in [0.1, 0.15) is 41.1 Å². The van der Waals surface area contributed by atoms with E-state index in [1.165, 1.54) is 19.3 Å². The quantitative estimate of drug-likeness (QED) is 0.762. The third-order valence-corrected chi connectivity index (χ3v) is 5.05. The van der Waals surface area contributed by atoms with Crippen LogP contribution in [-0.4, -0.2) is 37.7 Å². The first-order valence-electron chi connectivity index (χ1n) is 8.79. The van der Waals surface area contributed by atoms with Crippen molar-refractivity contribution in [2.24, 2.45) is 0 Å². The number of hydrogen-bond donors (Lipinski definition) is 1. The average molecular weight is 368 g/mol. The Morgan fingerprint density at radius 2 is 1.92 bits per heavy atom. The molecule has 8 heteroatoms. The third kappa shape index (κ3) is 3.65. The number of nitrogens with one attached hydrogen (secondary N) is 1. The fourth-order valence-corrected chi connectivity index (χ4v) is 3.68. The molecule has 3 heterocycles. The molecule has 0 bridgehead atoms. The van der Waals surface area contributed by atoms with Crippen LogP contribution in [0.25, 0.3) is 11.0 Å². The van der Waals surface area contributed by atoms with Crippen LogP contribution in [0, 0.1) is 6.92 Å². The van der Waals surface area contributed by atoms with Gasteiger partial charge in [0, 0.05) is 30.4 Å². The Labute approximate surface area is 155 Å². The summed E-state index contributed by atoms with van der Waals surface area (Å²) in [6, 6.07) is 7.34. The average Bonchev–Trinajstić information content (AvgIpc) is 3.14. The van der Waals surface area contributed by atoms with Crippen molar-refractivity contribution in [1.82, 2.24) is 24.0 Å². The van der Waals surface area contributed by atoms with Crippen LogP contribution in [0.3, 0.4) is 0 Å². The summed E-state index contributed by atoms with van der Waals surface area (Å²) in [5.41, 5.74) is 3.02. The van der Waals surface area contributed by atoms with E-state index in [4.69, 9.17) is 0 Å². The molecule has 4 rings (SSSR count). The summed E-state index contributed by atoms with van der Waals surface area (Å²) in [7, 11) is 0. The molecule has 134 valence electrons. The number of nitrogens with zero attached hydrogens (tertiary/aromatic N) is 5. The minimum absolute atomic E-state index is 0.162. The highest BCUT2D eigenvalue weighted by molar-refractivity contribution is 7.00. The summed E-state index contributed by atoms with van der Waals surface area (Å²) in [5, 5.41) is 2.90. The van der Waals surface area contributed by atoms with Crippen LogP contribution in [0.5, 0.6) is 0 Å². The van der Waals surface area contributed by atoms with Crippen LogP contribution < -0.4 is 10.2 Å². The molecule has 1 aromatic carbocycles. The van der Waals surface area contributed by atoms with Gasteiger partial charge in [0.25, 0.3) is 5.91 Å². The van der Waals surface area contributed by atoms with E-state index in [1.54, 1.807) is 12.1 Å². The fraction of sp³-hybridized carbons (Fsp3) is 0.389. The monoisotopic (exact) mass is 368 g/mol. The summed E-state index contributed by atoms with van der Waals surface area (Å²) >= 11 is 1.14. The van der Waals surface area contributed by atoms with E-state index in [9.17, 15) is 4.79 Å². The number of aryl methyl sites for hydroxylation is 1.